The van der Waals surface area contributed by atoms with E-state index in [0.717, 1.165) is 49.2 Å². The predicted molar refractivity (Wildman–Crippen MR) is 82.5 cm³/mol. The van der Waals surface area contributed by atoms with Crippen LogP contribution in [0.1, 0.15) is 45.5 Å². The standard InChI is InChI=1S/C15H26N4O/c1-6-16-12-10(2)13(17-11-7-8-20-9-11)19-14(18-12)15(3,4)5/h11H,6-9H2,1-5H3,(H2,16,17,18,19). The first-order valence-electron chi connectivity index (χ1n) is 7.39. The molecule has 2 heterocycles. The summed E-state index contributed by atoms with van der Waals surface area (Å²) in [5.41, 5.74) is 1.01. The third-order valence-corrected chi connectivity index (χ3v) is 3.43. The van der Waals surface area contributed by atoms with Gasteiger partial charge >= 0.3 is 0 Å². The second-order valence-electron chi connectivity index (χ2n) is 6.35. The molecule has 2 rings (SSSR count). The average Bonchev–Trinajstić information content (AvgIpc) is 2.86. The van der Waals surface area contributed by atoms with E-state index >= 15 is 0 Å². The van der Waals surface area contributed by atoms with Gasteiger partial charge in [0.05, 0.1) is 12.6 Å². The van der Waals surface area contributed by atoms with E-state index in [4.69, 9.17) is 9.72 Å². The lowest BCUT2D eigenvalue weighted by Gasteiger charge is -2.22. The highest BCUT2D eigenvalue weighted by molar-refractivity contribution is 5.58. The summed E-state index contributed by atoms with van der Waals surface area (Å²) in [4.78, 5) is 9.41. The molecule has 2 N–H and O–H groups in total. The molecule has 0 saturated carbocycles. The van der Waals surface area contributed by atoms with Crippen LogP contribution < -0.4 is 10.6 Å². The van der Waals surface area contributed by atoms with E-state index in [-0.39, 0.29) is 5.41 Å². The molecular weight excluding hydrogens is 252 g/mol. The lowest BCUT2D eigenvalue weighted by atomic mass is 9.95. The maximum atomic E-state index is 5.42. The molecule has 0 aromatic carbocycles. The second-order valence-corrected chi connectivity index (χ2v) is 6.35. The van der Waals surface area contributed by atoms with Crippen molar-refractivity contribution in [2.45, 2.75) is 52.5 Å². The second kappa shape index (κ2) is 5.95. The van der Waals surface area contributed by atoms with Crippen LogP contribution in [0.2, 0.25) is 0 Å². The summed E-state index contributed by atoms with van der Waals surface area (Å²) in [6.07, 6.45) is 1.03. The molecule has 1 aliphatic heterocycles. The van der Waals surface area contributed by atoms with Gasteiger partial charge in [-0.1, -0.05) is 20.8 Å². The Balaban J connectivity index is 2.34. The molecular formula is C15H26N4O. The molecule has 1 aliphatic rings. The molecule has 0 amide bonds. The summed E-state index contributed by atoms with van der Waals surface area (Å²) in [5, 5.41) is 6.84. The molecule has 1 atom stereocenters. The zero-order chi connectivity index (χ0) is 14.8. The van der Waals surface area contributed by atoms with E-state index in [2.05, 4.69) is 50.2 Å². The summed E-state index contributed by atoms with van der Waals surface area (Å²) < 4.78 is 5.42. The van der Waals surface area contributed by atoms with E-state index in [9.17, 15) is 0 Å². The molecule has 0 spiro atoms. The number of anilines is 2. The van der Waals surface area contributed by atoms with Gasteiger partial charge in [0, 0.05) is 24.1 Å². The maximum Gasteiger partial charge on any atom is 0.138 e. The molecule has 1 fully saturated rings. The molecule has 1 saturated heterocycles. The van der Waals surface area contributed by atoms with Gasteiger partial charge in [-0.2, -0.15) is 0 Å². The van der Waals surface area contributed by atoms with Crippen LogP contribution in [0.5, 0.6) is 0 Å². The zero-order valence-electron chi connectivity index (χ0n) is 13.2. The minimum absolute atomic E-state index is 0.0690. The summed E-state index contributed by atoms with van der Waals surface area (Å²) >= 11 is 0. The molecule has 1 aromatic heterocycles. The summed E-state index contributed by atoms with van der Waals surface area (Å²) in [5.74, 6) is 2.71. The van der Waals surface area contributed by atoms with Gasteiger partial charge in [-0.3, -0.25) is 0 Å². The first kappa shape index (κ1) is 15.0. The Bertz CT molecular complexity index is 462. The zero-order valence-corrected chi connectivity index (χ0v) is 13.2. The third kappa shape index (κ3) is 3.39. The van der Waals surface area contributed by atoms with Crippen LogP contribution in [-0.4, -0.2) is 35.8 Å². The summed E-state index contributed by atoms with van der Waals surface area (Å²) in [6.45, 7) is 13.0. The van der Waals surface area contributed by atoms with Crippen molar-refractivity contribution in [3.8, 4) is 0 Å². The van der Waals surface area contributed by atoms with Crippen LogP contribution in [0.3, 0.4) is 0 Å². The van der Waals surface area contributed by atoms with E-state index in [0.29, 0.717) is 6.04 Å². The fourth-order valence-electron chi connectivity index (χ4n) is 2.17. The van der Waals surface area contributed by atoms with Crippen LogP contribution in [0.25, 0.3) is 0 Å². The Morgan fingerprint density at radius 3 is 2.50 bits per heavy atom. The van der Waals surface area contributed by atoms with Crippen LogP contribution >= 0.6 is 0 Å². The van der Waals surface area contributed by atoms with Crippen LogP contribution in [0.4, 0.5) is 11.6 Å². The van der Waals surface area contributed by atoms with E-state index in [1.807, 2.05) is 0 Å². The average molecular weight is 278 g/mol. The normalized spacial score (nSPS) is 19.1. The van der Waals surface area contributed by atoms with E-state index < -0.39 is 0 Å². The minimum Gasteiger partial charge on any atom is -0.379 e. The topological polar surface area (TPSA) is 59.1 Å². The fraction of sp³-hybridized carbons (Fsp3) is 0.733. The van der Waals surface area contributed by atoms with Gasteiger partial charge in [-0.15, -0.1) is 0 Å². The summed E-state index contributed by atoms with van der Waals surface area (Å²) in [7, 11) is 0. The molecule has 0 radical (unpaired) electrons. The highest BCUT2D eigenvalue weighted by atomic mass is 16.5. The smallest absolute Gasteiger partial charge is 0.138 e. The Hall–Kier alpha value is -1.36. The highest BCUT2D eigenvalue weighted by Crippen LogP contribution is 2.27. The Morgan fingerprint density at radius 2 is 1.95 bits per heavy atom. The van der Waals surface area contributed by atoms with Crippen molar-refractivity contribution in [1.29, 1.82) is 0 Å². The van der Waals surface area contributed by atoms with Gasteiger partial charge in [-0.05, 0) is 20.3 Å². The number of rotatable bonds is 4. The minimum atomic E-state index is -0.0690. The van der Waals surface area contributed by atoms with Crippen LogP contribution in [-0.2, 0) is 10.2 Å². The number of hydrogen-bond donors (Lipinski definition) is 2. The van der Waals surface area contributed by atoms with Gasteiger partial charge < -0.3 is 15.4 Å². The van der Waals surface area contributed by atoms with Crippen molar-refractivity contribution >= 4 is 11.6 Å². The monoisotopic (exact) mass is 278 g/mol. The number of ether oxygens (including phenoxy) is 1. The maximum absolute atomic E-state index is 5.42. The number of nitrogens with zero attached hydrogens (tertiary/aromatic N) is 2. The van der Waals surface area contributed by atoms with Crippen molar-refractivity contribution < 1.29 is 4.74 Å². The third-order valence-electron chi connectivity index (χ3n) is 3.43. The lowest BCUT2D eigenvalue weighted by molar-refractivity contribution is 0.195. The van der Waals surface area contributed by atoms with Gasteiger partial charge in [0.1, 0.15) is 17.5 Å². The molecule has 0 aliphatic carbocycles. The van der Waals surface area contributed by atoms with Crippen LogP contribution in [0.15, 0.2) is 0 Å². The molecule has 20 heavy (non-hydrogen) atoms. The van der Waals surface area contributed by atoms with Gasteiger partial charge in [-0.25, -0.2) is 9.97 Å². The largest absolute Gasteiger partial charge is 0.379 e. The predicted octanol–water partition coefficient (Wildman–Crippen LogP) is 2.72. The molecule has 5 heteroatoms. The SMILES string of the molecule is CCNc1nc(C(C)(C)C)nc(NC2CCOC2)c1C. The fourth-order valence-corrected chi connectivity index (χ4v) is 2.17. The molecule has 0 bridgehead atoms. The highest BCUT2D eigenvalue weighted by Gasteiger charge is 2.23. The number of nitrogens with one attached hydrogen (secondary N) is 2. The quantitative estimate of drug-likeness (QED) is 0.887. The Kier molecular flexibility index (Phi) is 4.48. The molecule has 112 valence electrons. The van der Waals surface area contributed by atoms with Crippen molar-refractivity contribution in [2.24, 2.45) is 0 Å². The van der Waals surface area contributed by atoms with Crippen molar-refractivity contribution in [3.63, 3.8) is 0 Å². The summed E-state index contributed by atoms with van der Waals surface area (Å²) in [6, 6.07) is 0.353. The Labute approximate surface area is 121 Å². The first-order chi connectivity index (χ1) is 9.41. The Morgan fingerprint density at radius 1 is 1.25 bits per heavy atom. The van der Waals surface area contributed by atoms with Gasteiger partial charge in [0.2, 0.25) is 0 Å². The van der Waals surface area contributed by atoms with E-state index in [1.54, 1.807) is 0 Å². The van der Waals surface area contributed by atoms with Gasteiger partial charge in [0.25, 0.3) is 0 Å². The molecule has 1 aromatic rings. The lowest BCUT2D eigenvalue weighted by Crippen LogP contribution is -2.24. The molecule has 5 nitrogen and oxygen atoms in total. The van der Waals surface area contributed by atoms with Gasteiger partial charge in [0.15, 0.2) is 0 Å². The number of hydrogen-bond acceptors (Lipinski definition) is 5. The van der Waals surface area contributed by atoms with Crippen molar-refractivity contribution in [3.05, 3.63) is 11.4 Å². The first-order valence-corrected chi connectivity index (χ1v) is 7.39. The van der Waals surface area contributed by atoms with Crippen molar-refractivity contribution in [1.82, 2.24) is 9.97 Å². The van der Waals surface area contributed by atoms with Crippen molar-refractivity contribution in [2.75, 3.05) is 30.4 Å². The van der Waals surface area contributed by atoms with Crippen LogP contribution in [0, 0.1) is 6.92 Å². The molecule has 1 unspecified atom stereocenters. The van der Waals surface area contributed by atoms with E-state index in [1.165, 1.54) is 0 Å². The number of aromatic nitrogens is 2.